The Kier molecular flexibility index (Phi) is 5.45. The number of carbonyl (C=O) groups excluding carboxylic acids is 3. The van der Waals surface area contributed by atoms with Crippen LogP contribution in [0.3, 0.4) is 0 Å². The highest BCUT2D eigenvalue weighted by Gasteiger charge is 2.60. The molecular weight excluding hydrogens is 396 g/mol. The van der Waals surface area contributed by atoms with Crippen molar-refractivity contribution in [3.63, 3.8) is 0 Å². The Morgan fingerprint density at radius 3 is 2.23 bits per heavy atom. The summed E-state index contributed by atoms with van der Waals surface area (Å²) in [5.74, 6) is -0.183. The quantitative estimate of drug-likeness (QED) is 0.353. The van der Waals surface area contributed by atoms with Crippen molar-refractivity contribution in [3.05, 3.63) is 29.8 Å². The van der Waals surface area contributed by atoms with E-state index in [1.54, 1.807) is 24.3 Å². The predicted molar refractivity (Wildman–Crippen MR) is 116 cm³/mol. The van der Waals surface area contributed by atoms with E-state index in [0.29, 0.717) is 28.0 Å². The molecule has 1 aromatic carbocycles. The lowest BCUT2D eigenvalue weighted by atomic mass is 9.43. The van der Waals surface area contributed by atoms with Gasteiger partial charge >= 0.3 is 6.03 Å². The van der Waals surface area contributed by atoms with Gasteiger partial charge in [0.15, 0.2) is 0 Å². The van der Waals surface area contributed by atoms with E-state index in [9.17, 15) is 14.4 Å². The van der Waals surface area contributed by atoms with E-state index in [4.69, 9.17) is 5.21 Å². The van der Waals surface area contributed by atoms with E-state index < -0.39 is 5.91 Å². The summed E-state index contributed by atoms with van der Waals surface area (Å²) in [7, 11) is 0. The second-order valence-corrected chi connectivity index (χ2v) is 10.6. The summed E-state index contributed by atoms with van der Waals surface area (Å²) in [5.41, 5.74) is 3.11. The van der Waals surface area contributed by atoms with Crippen LogP contribution in [0.15, 0.2) is 24.3 Å². The lowest BCUT2D eigenvalue weighted by Gasteiger charge is -2.65. The van der Waals surface area contributed by atoms with E-state index in [-0.39, 0.29) is 30.4 Å². The third-order valence-corrected chi connectivity index (χ3v) is 7.17. The average molecular weight is 429 g/mol. The summed E-state index contributed by atoms with van der Waals surface area (Å²) in [6, 6.07) is 6.45. The molecule has 0 spiro atoms. The van der Waals surface area contributed by atoms with Gasteiger partial charge in [-0.2, -0.15) is 0 Å². The Labute approximate surface area is 182 Å². The molecule has 4 aliphatic carbocycles. The summed E-state index contributed by atoms with van der Waals surface area (Å²) in [6.45, 7) is 4.88. The number of amides is 4. The number of hydrogen-bond acceptors (Lipinski definition) is 4. The number of anilines is 1. The van der Waals surface area contributed by atoms with Crippen LogP contribution in [0.4, 0.5) is 10.5 Å². The Hall–Kier alpha value is -2.61. The summed E-state index contributed by atoms with van der Waals surface area (Å²) in [6.07, 6.45) is 6.97. The van der Waals surface area contributed by atoms with Crippen molar-refractivity contribution in [2.75, 3.05) is 11.9 Å². The minimum atomic E-state index is -0.562. The average Bonchev–Trinajstić information content (AvgIpc) is 2.64. The maximum absolute atomic E-state index is 12.8. The zero-order valence-corrected chi connectivity index (χ0v) is 18.2. The van der Waals surface area contributed by atoms with E-state index in [0.717, 1.165) is 19.3 Å². The number of urea groups is 1. The van der Waals surface area contributed by atoms with Crippen molar-refractivity contribution in [3.8, 4) is 0 Å². The highest BCUT2D eigenvalue weighted by atomic mass is 16.5. The van der Waals surface area contributed by atoms with E-state index in [1.165, 1.54) is 24.7 Å². The molecule has 1 aromatic rings. The van der Waals surface area contributed by atoms with Crippen LogP contribution in [0.2, 0.25) is 0 Å². The summed E-state index contributed by atoms with van der Waals surface area (Å²) < 4.78 is 0. The molecule has 31 heavy (non-hydrogen) atoms. The number of benzene rings is 1. The van der Waals surface area contributed by atoms with Crippen molar-refractivity contribution in [2.24, 2.45) is 16.7 Å². The second-order valence-electron chi connectivity index (χ2n) is 10.6. The van der Waals surface area contributed by atoms with Crippen LogP contribution >= 0.6 is 0 Å². The molecule has 168 valence electrons. The molecular formula is C23H32N4O4. The maximum atomic E-state index is 12.8. The molecule has 2 atom stereocenters. The first-order valence-corrected chi connectivity index (χ1v) is 11.0. The minimum absolute atomic E-state index is 0.0112. The molecule has 4 fully saturated rings. The molecule has 4 amide bonds. The molecule has 0 aliphatic heterocycles. The van der Waals surface area contributed by atoms with Gasteiger partial charge in [-0.1, -0.05) is 13.8 Å². The van der Waals surface area contributed by atoms with E-state index in [1.807, 2.05) is 0 Å². The Morgan fingerprint density at radius 2 is 1.65 bits per heavy atom. The maximum Gasteiger partial charge on any atom is 0.319 e. The molecule has 0 aromatic heterocycles. The van der Waals surface area contributed by atoms with Crippen LogP contribution in [-0.4, -0.2) is 35.1 Å². The van der Waals surface area contributed by atoms with Crippen molar-refractivity contribution >= 4 is 23.5 Å². The van der Waals surface area contributed by atoms with Gasteiger partial charge in [0.2, 0.25) is 5.91 Å². The fraction of sp³-hybridized carbons (Fsp3) is 0.609. The molecule has 0 heterocycles. The molecule has 2 unspecified atom stereocenters. The Bertz CT molecular complexity index is 866. The van der Waals surface area contributed by atoms with Crippen LogP contribution in [0, 0.1) is 16.7 Å². The first kappa shape index (κ1) is 21.6. The van der Waals surface area contributed by atoms with E-state index in [2.05, 4.69) is 29.8 Å². The van der Waals surface area contributed by atoms with Gasteiger partial charge < -0.3 is 16.0 Å². The smallest absolute Gasteiger partial charge is 0.319 e. The Morgan fingerprint density at radius 1 is 1.00 bits per heavy atom. The van der Waals surface area contributed by atoms with Crippen molar-refractivity contribution in [2.45, 2.75) is 64.3 Å². The molecule has 8 heteroatoms. The third-order valence-electron chi connectivity index (χ3n) is 7.17. The molecule has 4 bridgehead atoms. The number of carbonyl (C=O) groups is 3. The highest BCUT2D eigenvalue weighted by molar-refractivity contribution is 5.95. The minimum Gasteiger partial charge on any atom is -0.352 e. The summed E-state index contributed by atoms with van der Waals surface area (Å²) in [5, 5.41) is 17.3. The van der Waals surface area contributed by atoms with Gasteiger partial charge in [0.1, 0.15) is 0 Å². The van der Waals surface area contributed by atoms with Crippen molar-refractivity contribution in [1.82, 2.24) is 16.1 Å². The third kappa shape index (κ3) is 4.69. The summed E-state index contributed by atoms with van der Waals surface area (Å²) in [4.78, 5) is 35.9. The van der Waals surface area contributed by atoms with Crippen LogP contribution in [-0.2, 0) is 4.79 Å². The van der Waals surface area contributed by atoms with Gasteiger partial charge in [0, 0.05) is 29.8 Å². The van der Waals surface area contributed by atoms with E-state index >= 15 is 0 Å². The molecule has 0 radical (unpaired) electrons. The molecule has 5 rings (SSSR count). The number of rotatable bonds is 6. The normalized spacial score (nSPS) is 32.9. The van der Waals surface area contributed by atoms with Crippen LogP contribution in [0.25, 0.3) is 0 Å². The van der Waals surface area contributed by atoms with Gasteiger partial charge in [-0.3, -0.25) is 14.8 Å². The highest BCUT2D eigenvalue weighted by Crippen LogP contribution is 2.66. The molecule has 4 saturated carbocycles. The van der Waals surface area contributed by atoms with Crippen molar-refractivity contribution < 1.29 is 19.6 Å². The van der Waals surface area contributed by atoms with Crippen LogP contribution in [0.1, 0.15) is 69.2 Å². The van der Waals surface area contributed by atoms with Gasteiger partial charge in [-0.05, 0) is 79.5 Å². The topological polar surface area (TPSA) is 120 Å². The standard InChI is InChI=1S/C23H32N4O4/c1-21-9-15-10-22(2,12-21)14-23(11-15,13-21)26-20(30)25-17-5-3-16(4-6-17)19(29)24-8-7-18(28)27-31/h3-6,15,31H,7-14H2,1-2H3,(H,24,29)(H,27,28)(H2,25,26,30). The largest absolute Gasteiger partial charge is 0.352 e. The SMILES string of the molecule is CC12CC3CC(C)(C1)CC(NC(=O)Nc1ccc(C(=O)NCCC(=O)NO)cc1)(C3)C2. The van der Waals surface area contributed by atoms with Crippen LogP contribution < -0.4 is 21.4 Å². The molecule has 4 aliphatic rings. The first-order valence-electron chi connectivity index (χ1n) is 11.0. The molecule has 8 nitrogen and oxygen atoms in total. The number of hydroxylamine groups is 1. The fourth-order valence-electron chi connectivity index (χ4n) is 7.14. The summed E-state index contributed by atoms with van der Waals surface area (Å²) >= 11 is 0. The fourth-order valence-corrected chi connectivity index (χ4v) is 7.14. The lowest BCUT2D eigenvalue weighted by molar-refractivity contribution is -0.129. The van der Waals surface area contributed by atoms with Gasteiger partial charge in [-0.15, -0.1) is 0 Å². The zero-order valence-electron chi connectivity index (χ0n) is 18.2. The number of hydrogen-bond donors (Lipinski definition) is 5. The Balaban J connectivity index is 1.32. The van der Waals surface area contributed by atoms with Gasteiger partial charge in [-0.25, -0.2) is 10.3 Å². The molecule has 0 saturated heterocycles. The molecule has 5 N–H and O–H groups in total. The number of nitrogens with one attached hydrogen (secondary N) is 4. The monoisotopic (exact) mass is 428 g/mol. The van der Waals surface area contributed by atoms with Gasteiger partial charge in [0.25, 0.3) is 5.91 Å². The van der Waals surface area contributed by atoms with Crippen LogP contribution in [0.5, 0.6) is 0 Å². The van der Waals surface area contributed by atoms with Gasteiger partial charge in [0.05, 0.1) is 0 Å². The van der Waals surface area contributed by atoms with Crippen molar-refractivity contribution in [1.29, 1.82) is 0 Å². The predicted octanol–water partition coefficient (Wildman–Crippen LogP) is 3.18. The zero-order chi connectivity index (χ0) is 22.3. The first-order chi connectivity index (χ1) is 14.6. The lowest BCUT2D eigenvalue weighted by Crippen LogP contribution is -2.65. The second kappa shape index (κ2) is 7.82.